The van der Waals surface area contributed by atoms with Crippen LogP contribution >= 0.6 is 11.6 Å². The number of unbranched alkanes of at least 4 members (excludes halogenated alkanes) is 2. The lowest BCUT2D eigenvalue weighted by Crippen LogP contribution is -2.46. The number of anilines is 1. The molecular weight excluding hydrogens is 279 g/mol. The van der Waals surface area contributed by atoms with Crippen molar-refractivity contribution in [2.24, 2.45) is 0 Å². The van der Waals surface area contributed by atoms with Gasteiger partial charge in [-0.1, -0.05) is 11.6 Å². The third-order valence-corrected chi connectivity index (χ3v) is 4.06. The van der Waals surface area contributed by atoms with Crippen molar-refractivity contribution in [1.82, 2.24) is 4.90 Å². The largest absolute Gasteiger partial charge is 0.396 e. The van der Waals surface area contributed by atoms with Gasteiger partial charge in [-0.15, -0.1) is 0 Å². The van der Waals surface area contributed by atoms with Crippen molar-refractivity contribution in [2.75, 3.05) is 44.2 Å². The molecule has 0 saturated carbocycles. The van der Waals surface area contributed by atoms with Crippen molar-refractivity contribution in [3.8, 4) is 0 Å². The first-order valence-corrected chi connectivity index (χ1v) is 7.61. The molecule has 1 aliphatic heterocycles. The van der Waals surface area contributed by atoms with Crippen LogP contribution in [0.2, 0.25) is 5.02 Å². The number of piperazine rings is 1. The summed E-state index contributed by atoms with van der Waals surface area (Å²) in [6.45, 7) is 5.23. The van der Waals surface area contributed by atoms with E-state index in [2.05, 4.69) is 9.80 Å². The van der Waals surface area contributed by atoms with Crippen LogP contribution in [0.1, 0.15) is 19.3 Å². The van der Waals surface area contributed by atoms with Crippen LogP contribution in [0.5, 0.6) is 0 Å². The first kappa shape index (κ1) is 15.5. The van der Waals surface area contributed by atoms with E-state index in [1.54, 1.807) is 6.07 Å². The maximum Gasteiger partial charge on any atom is 0.124 e. The zero-order valence-electron chi connectivity index (χ0n) is 11.7. The fraction of sp³-hybridized carbons (Fsp3) is 0.600. The van der Waals surface area contributed by atoms with Crippen molar-refractivity contribution in [1.29, 1.82) is 0 Å². The molecule has 112 valence electrons. The summed E-state index contributed by atoms with van der Waals surface area (Å²) in [5, 5.41) is 9.24. The average molecular weight is 301 g/mol. The van der Waals surface area contributed by atoms with Crippen molar-refractivity contribution < 1.29 is 9.50 Å². The Kier molecular flexibility index (Phi) is 6.07. The number of aliphatic hydroxyl groups excluding tert-OH is 1. The van der Waals surface area contributed by atoms with E-state index in [9.17, 15) is 4.39 Å². The number of benzene rings is 1. The molecule has 0 spiro atoms. The summed E-state index contributed by atoms with van der Waals surface area (Å²) in [5.41, 5.74) is 0.924. The lowest BCUT2D eigenvalue weighted by molar-refractivity contribution is 0.242. The van der Waals surface area contributed by atoms with Crippen LogP contribution in [0.15, 0.2) is 18.2 Å². The van der Waals surface area contributed by atoms with Gasteiger partial charge in [0.1, 0.15) is 5.82 Å². The highest BCUT2D eigenvalue weighted by Crippen LogP contribution is 2.27. The Morgan fingerprint density at radius 2 is 1.85 bits per heavy atom. The summed E-state index contributed by atoms with van der Waals surface area (Å²) in [6.07, 6.45) is 3.11. The van der Waals surface area contributed by atoms with Crippen LogP contribution in [0.3, 0.4) is 0 Å². The van der Waals surface area contributed by atoms with Gasteiger partial charge < -0.3 is 10.0 Å². The van der Waals surface area contributed by atoms with E-state index >= 15 is 0 Å². The maximum atomic E-state index is 13.0. The highest BCUT2D eigenvalue weighted by Gasteiger charge is 2.18. The molecule has 1 saturated heterocycles. The molecule has 1 aromatic carbocycles. The van der Waals surface area contributed by atoms with Gasteiger partial charge in [-0.2, -0.15) is 0 Å². The number of aliphatic hydroxyl groups is 1. The number of hydrogen-bond donors (Lipinski definition) is 1. The second-order valence-corrected chi connectivity index (χ2v) is 5.62. The summed E-state index contributed by atoms with van der Waals surface area (Å²) in [4.78, 5) is 4.65. The molecule has 0 amide bonds. The SMILES string of the molecule is OCCCCCN1CCN(c2ccc(F)cc2Cl)CC1. The van der Waals surface area contributed by atoms with Crippen molar-refractivity contribution in [3.05, 3.63) is 29.0 Å². The Morgan fingerprint density at radius 1 is 1.10 bits per heavy atom. The zero-order chi connectivity index (χ0) is 14.4. The second kappa shape index (κ2) is 7.81. The van der Waals surface area contributed by atoms with E-state index in [0.29, 0.717) is 5.02 Å². The van der Waals surface area contributed by atoms with Gasteiger partial charge >= 0.3 is 0 Å². The molecule has 1 heterocycles. The van der Waals surface area contributed by atoms with Gasteiger partial charge in [0.25, 0.3) is 0 Å². The second-order valence-electron chi connectivity index (χ2n) is 5.21. The molecule has 1 aromatic rings. The molecule has 1 aliphatic rings. The monoisotopic (exact) mass is 300 g/mol. The molecule has 3 nitrogen and oxygen atoms in total. The number of nitrogens with zero attached hydrogens (tertiary/aromatic N) is 2. The van der Waals surface area contributed by atoms with Crippen LogP contribution in [0, 0.1) is 5.82 Å². The Hall–Kier alpha value is -0.840. The molecule has 0 unspecified atom stereocenters. The minimum absolute atomic E-state index is 0.289. The summed E-state index contributed by atoms with van der Waals surface area (Å²) in [7, 11) is 0. The smallest absolute Gasteiger partial charge is 0.124 e. The van der Waals surface area contributed by atoms with Gasteiger partial charge in [-0.25, -0.2) is 4.39 Å². The maximum absolute atomic E-state index is 13.0. The van der Waals surface area contributed by atoms with E-state index in [4.69, 9.17) is 16.7 Å². The third-order valence-electron chi connectivity index (χ3n) is 3.76. The molecule has 20 heavy (non-hydrogen) atoms. The quantitative estimate of drug-likeness (QED) is 0.819. The highest BCUT2D eigenvalue weighted by molar-refractivity contribution is 6.33. The minimum atomic E-state index is -0.290. The molecule has 0 bridgehead atoms. The van der Waals surface area contributed by atoms with Gasteiger partial charge in [-0.3, -0.25) is 4.90 Å². The van der Waals surface area contributed by atoms with E-state index in [0.717, 1.165) is 57.7 Å². The van der Waals surface area contributed by atoms with E-state index in [1.807, 2.05) is 0 Å². The molecular formula is C15H22ClFN2O. The summed E-state index contributed by atoms with van der Waals surface area (Å²) in [6, 6.07) is 4.59. The third kappa shape index (κ3) is 4.33. The molecule has 2 rings (SSSR count). The van der Waals surface area contributed by atoms with E-state index in [1.165, 1.54) is 12.1 Å². The summed E-state index contributed by atoms with van der Waals surface area (Å²) in [5.74, 6) is -0.290. The van der Waals surface area contributed by atoms with Crippen LogP contribution in [0.4, 0.5) is 10.1 Å². The Bertz CT molecular complexity index is 422. The molecule has 1 N–H and O–H groups in total. The molecule has 1 fully saturated rings. The normalized spacial score (nSPS) is 16.6. The number of halogens is 2. The van der Waals surface area contributed by atoms with E-state index in [-0.39, 0.29) is 12.4 Å². The summed E-state index contributed by atoms with van der Waals surface area (Å²) >= 11 is 6.10. The fourth-order valence-corrected chi connectivity index (χ4v) is 2.86. The fourth-order valence-electron chi connectivity index (χ4n) is 2.57. The zero-order valence-corrected chi connectivity index (χ0v) is 12.4. The first-order chi connectivity index (χ1) is 9.70. The summed E-state index contributed by atoms with van der Waals surface area (Å²) < 4.78 is 13.0. The van der Waals surface area contributed by atoms with Crippen LogP contribution in [-0.2, 0) is 0 Å². The minimum Gasteiger partial charge on any atom is -0.396 e. The van der Waals surface area contributed by atoms with Crippen LogP contribution in [-0.4, -0.2) is 49.3 Å². The van der Waals surface area contributed by atoms with Crippen molar-refractivity contribution in [3.63, 3.8) is 0 Å². The molecule has 0 aromatic heterocycles. The van der Waals surface area contributed by atoms with E-state index < -0.39 is 0 Å². The van der Waals surface area contributed by atoms with Crippen LogP contribution in [0.25, 0.3) is 0 Å². The van der Waals surface area contributed by atoms with Gasteiger partial charge in [0.15, 0.2) is 0 Å². The van der Waals surface area contributed by atoms with Gasteiger partial charge in [-0.05, 0) is 44.0 Å². The lowest BCUT2D eigenvalue weighted by Gasteiger charge is -2.36. The highest BCUT2D eigenvalue weighted by atomic mass is 35.5. The van der Waals surface area contributed by atoms with Gasteiger partial charge in [0.2, 0.25) is 0 Å². The van der Waals surface area contributed by atoms with Gasteiger partial charge in [0, 0.05) is 32.8 Å². The first-order valence-electron chi connectivity index (χ1n) is 7.24. The Morgan fingerprint density at radius 3 is 2.50 bits per heavy atom. The number of hydrogen-bond acceptors (Lipinski definition) is 3. The van der Waals surface area contributed by atoms with Crippen LogP contribution < -0.4 is 4.90 Å². The van der Waals surface area contributed by atoms with Gasteiger partial charge in [0.05, 0.1) is 10.7 Å². The lowest BCUT2D eigenvalue weighted by atomic mass is 10.2. The predicted molar refractivity (Wildman–Crippen MR) is 81.0 cm³/mol. The Balaban J connectivity index is 1.79. The predicted octanol–water partition coefficient (Wildman–Crippen LogP) is 2.76. The average Bonchev–Trinajstić information content (AvgIpc) is 2.45. The number of rotatable bonds is 6. The molecule has 0 atom stereocenters. The topological polar surface area (TPSA) is 26.7 Å². The molecule has 0 aliphatic carbocycles. The van der Waals surface area contributed by atoms with Crippen molar-refractivity contribution in [2.45, 2.75) is 19.3 Å². The standard InChI is InChI=1S/C15H22ClFN2O/c16-14-12-13(17)4-5-15(14)19-9-7-18(8-10-19)6-2-1-3-11-20/h4-5,12,20H,1-3,6-11H2. The Labute approximate surface area is 124 Å². The molecule has 0 radical (unpaired) electrons. The molecule has 5 heteroatoms. The van der Waals surface area contributed by atoms with Crippen molar-refractivity contribution >= 4 is 17.3 Å².